The minimum Gasteiger partial charge on any atom is -0.325 e. The number of halogens is 1. The fourth-order valence-electron chi connectivity index (χ4n) is 2.44. The van der Waals surface area contributed by atoms with Crippen LogP contribution in [0, 0.1) is 5.92 Å². The van der Waals surface area contributed by atoms with E-state index in [1.54, 1.807) is 6.20 Å². The Hall–Kier alpha value is -0.540. The van der Waals surface area contributed by atoms with Gasteiger partial charge in [-0.15, -0.1) is 0 Å². The topological polar surface area (TPSA) is 43.8 Å². The number of imidazole rings is 1. The van der Waals surface area contributed by atoms with Crippen molar-refractivity contribution in [3.05, 3.63) is 17.2 Å². The second-order valence-corrected chi connectivity index (χ2v) is 4.96. The molecule has 1 aromatic rings. The van der Waals surface area contributed by atoms with Crippen molar-refractivity contribution < 1.29 is 0 Å². The first-order valence-corrected chi connectivity index (χ1v) is 5.56. The van der Waals surface area contributed by atoms with Crippen molar-refractivity contribution in [2.75, 3.05) is 0 Å². The van der Waals surface area contributed by atoms with Crippen LogP contribution in [0.4, 0.5) is 0 Å². The standard InChI is InChI=1S/C10H14ClN3/c11-8-6-13-9-5-7(1-4-14(8)9)10(12)2-3-10/h6-7H,1-5,12H2. The zero-order valence-corrected chi connectivity index (χ0v) is 8.80. The Labute approximate surface area is 88.3 Å². The summed E-state index contributed by atoms with van der Waals surface area (Å²) in [6.45, 7) is 0.984. The maximum atomic E-state index is 6.22. The van der Waals surface area contributed by atoms with E-state index >= 15 is 0 Å². The Morgan fingerprint density at radius 3 is 3.07 bits per heavy atom. The summed E-state index contributed by atoms with van der Waals surface area (Å²) in [7, 11) is 0. The van der Waals surface area contributed by atoms with Gasteiger partial charge < -0.3 is 10.3 Å². The highest BCUT2D eigenvalue weighted by Gasteiger charge is 2.46. The van der Waals surface area contributed by atoms with Crippen LogP contribution in [0.3, 0.4) is 0 Å². The van der Waals surface area contributed by atoms with E-state index in [0.717, 1.165) is 30.4 Å². The number of nitrogens with zero attached hydrogens (tertiary/aromatic N) is 2. The van der Waals surface area contributed by atoms with E-state index in [1.165, 1.54) is 12.8 Å². The van der Waals surface area contributed by atoms with Crippen molar-refractivity contribution in [3.8, 4) is 0 Å². The first-order valence-electron chi connectivity index (χ1n) is 5.18. The van der Waals surface area contributed by atoms with Gasteiger partial charge in [0.25, 0.3) is 0 Å². The number of aromatic nitrogens is 2. The molecule has 1 saturated carbocycles. The molecule has 2 aliphatic rings. The van der Waals surface area contributed by atoms with Crippen LogP contribution in [0.15, 0.2) is 6.20 Å². The Morgan fingerprint density at radius 1 is 1.57 bits per heavy atom. The van der Waals surface area contributed by atoms with Gasteiger partial charge in [-0.2, -0.15) is 0 Å². The molecule has 1 aliphatic carbocycles. The predicted octanol–water partition coefficient (Wildman–Crippen LogP) is 1.59. The number of rotatable bonds is 1. The van der Waals surface area contributed by atoms with Crippen LogP contribution in [-0.4, -0.2) is 15.1 Å². The average molecular weight is 212 g/mol. The molecule has 1 atom stereocenters. The summed E-state index contributed by atoms with van der Waals surface area (Å²) in [6, 6.07) is 0. The molecule has 4 heteroatoms. The zero-order chi connectivity index (χ0) is 9.76. The lowest BCUT2D eigenvalue weighted by molar-refractivity contribution is 0.311. The van der Waals surface area contributed by atoms with E-state index in [2.05, 4.69) is 9.55 Å². The summed E-state index contributed by atoms with van der Waals surface area (Å²) in [5, 5.41) is 0.764. The van der Waals surface area contributed by atoms with Gasteiger partial charge in [-0.25, -0.2) is 4.98 Å². The summed E-state index contributed by atoms with van der Waals surface area (Å²) in [6.07, 6.45) is 6.27. The molecule has 0 bridgehead atoms. The van der Waals surface area contributed by atoms with Crippen LogP contribution in [-0.2, 0) is 13.0 Å². The van der Waals surface area contributed by atoms with Crippen LogP contribution in [0.5, 0.6) is 0 Å². The SMILES string of the molecule is NC1(C2CCn3c(Cl)cnc3C2)CC1. The number of hydrogen-bond donors (Lipinski definition) is 1. The zero-order valence-electron chi connectivity index (χ0n) is 8.04. The highest BCUT2D eigenvalue weighted by molar-refractivity contribution is 6.29. The average Bonchev–Trinajstić information content (AvgIpc) is 2.84. The predicted molar refractivity (Wildman–Crippen MR) is 55.2 cm³/mol. The summed E-state index contributed by atoms with van der Waals surface area (Å²) in [5.74, 6) is 1.73. The third-order valence-electron chi connectivity index (χ3n) is 3.66. The van der Waals surface area contributed by atoms with Crippen molar-refractivity contribution in [1.82, 2.24) is 9.55 Å². The molecule has 0 aromatic carbocycles. The van der Waals surface area contributed by atoms with Crippen molar-refractivity contribution in [2.24, 2.45) is 11.7 Å². The molecule has 1 unspecified atom stereocenters. The third kappa shape index (κ3) is 1.19. The van der Waals surface area contributed by atoms with Gasteiger partial charge in [-0.05, 0) is 25.2 Å². The molecule has 2 heterocycles. The quantitative estimate of drug-likeness (QED) is 0.767. The van der Waals surface area contributed by atoms with E-state index < -0.39 is 0 Å². The maximum Gasteiger partial charge on any atom is 0.128 e. The second kappa shape index (κ2) is 2.74. The summed E-state index contributed by atoms with van der Waals surface area (Å²) < 4.78 is 2.10. The fourth-order valence-corrected chi connectivity index (χ4v) is 2.67. The van der Waals surface area contributed by atoms with Crippen molar-refractivity contribution in [1.29, 1.82) is 0 Å². The monoisotopic (exact) mass is 211 g/mol. The lowest BCUT2D eigenvalue weighted by atomic mass is 9.88. The smallest absolute Gasteiger partial charge is 0.128 e. The fraction of sp³-hybridized carbons (Fsp3) is 0.700. The van der Waals surface area contributed by atoms with Crippen LogP contribution < -0.4 is 5.73 Å². The molecule has 1 fully saturated rings. The third-order valence-corrected chi connectivity index (χ3v) is 3.96. The molecule has 3 rings (SSSR count). The second-order valence-electron chi connectivity index (χ2n) is 4.57. The van der Waals surface area contributed by atoms with Gasteiger partial charge in [0.1, 0.15) is 11.0 Å². The lowest BCUT2D eigenvalue weighted by Gasteiger charge is -2.28. The molecule has 3 nitrogen and oxygen atoms in total. The van der Waals surface area contributed by atoms with Gasteiger partial charge in [0.2, 0.25) is 0 Å². The lowest BCUT2D eigenvalue weighted by Crippen LogP contribution is -2.37. The van der Waals surface area contributed by atoms with Crippen LogP contribution in [0.25, 0.3) is 0 Å². The molecule has 1 aromatic heterocycles. The van der Waals surface area contributed by atoms with Crippen molar-refractivity contribution in [3.63, 3.8) is 0 Å². The van der Waals surface area contributed by atoms with Gasteiger partial charge in [-0.1, -0.05) is 11.6 Å². The number of hydrogen-bond acceptors (Lipinski definition) is 2. The molecule has 0 amide bonds. The maximum absolute atomic E-state index is 6.22. The number of fused-ring (bicyclic) bond motifs is 1. The first kappa shape index (κ1) is 8.74. The summed E-state index contributed by atoms with van der Waals surface area (Å²) in [5.41, 5.74) is 6.34. The highest BCUT2D eigenvalue weighted by Crippen LogP contribution is 2.44. The number of nitrogens with two attached hydrogens (primary N) is 1. The van der Waals surface area contributed by atoms with Gasteiger partial charge in [0, 0.05) is 18.5 Å². The minimum absolute atomic E-state index is 0.129. The van der Waals surface area contributed by atoms with Crippen LogP contribution in [0.1, 0.15) is 25.1 Å². The molecule has 2 N–H and O–H groups in total. The Morgan fingerprint density at radius 2 is 2.36 bits per heavy atom. The highest BCUT2D eigenvalue weighted by atomic mass is 35.5. The Bertz CT molecular complexity index is 367. The van der Waals surface area contributed by atoms with Gasteiger partial charge in [-0.3, -0.25) is 0 Å². The van der Waals surface area contributed by atoms with Gasteiger partial charge >= 0.3 is 0 Å². The Kier molecular flexibility index (Phi) is 1.71. The van der Waals surface area contributed by atoms with E-state index in [9.17, 15) is 0 Å². The molecule has 0 spiro atoms. The van der Waals surface area contributed by atoms with Gasteiger partial charge in [0.15, 0.2) is 0 Å². The van der Waals surface area contributed by atoms with Crippen molar-refractivity contribution in [2.45, 2.75) is 37.8 Å². The summed E-state index contributed by atoms with van der Waals surface area (Å²) >= 11 is 6.00. The van der Waals surface area contributed by atoms with E-state index in [1.807, 2.05) is 0 Å². The molecule has 1 aliphatic heterocycles. The molecule has 0 saturated heterocycles. The van der Waals surface area contributed by atoms with Gasteiger partial charge in [0.05, 0.1) is 6.20 Å². The largest absolute Gasteiger partial charge is 0.325 e. The molecule has 0 radical (unpaired) electrons. The minimum atomic E-state index is 0.129. The van der Waals surface area contributed by atoms with Crippen LogP contribution >= 0.6 is 11.6 Å². The van der Waals surface area contributed by atoms with Crippen molar-refractivity contribution >= 4 is 11.6 Å². The molecular formula is C10H14ClN3. The normalized spacial score (nSPS) is 28.6. The Balaban J connectivity index is 1.87. The first-order chi connectivity index (χ1) is 6.69. The van der Waals surface area contributed by atoms with Crippen LogP contribution in [0.2, 0.25) is 5.15 Å². The molecule has 76 valence electrons. The molecular weight excluding hydrogens is 198 g/mol. The van der Waals surface area contributed by atoms with E-state index in [4.69, 9.17) is 17.3 Å². The van der Waals surface area contributed by atoms with E-state index in [0.29, 0.717) is 5.92 Å². The molecule has 14 heavy (non-hydrogen) atoms. The van der Waals surface area contributed by atoms with E-state index in [-0.39, 0.29) is 5.54 Å². The summed E-state index contributed by atoms with van der Waals surface area (Å²) in [4.78, 5) is 4.32.